The summed E-state index contributed by atoms with van der Waals surface area (Å²) in [5.41, 5.74) is 1.56. The van der Waals surface area contributed by atoms with Crippen LogP contribution in [0.4, 0.5) is 13.2 Å². The molecule has 0 unspecified atom stereocenters. The second-order valence-corrected chi connectivity index (χ2v) is 8.33. The lowest BCUT2D eigenvalue weighted by Crippen LogP contribution is -2.17. The van der Waals surface area contributed by atoms with E-state index in [4.69, 9.17) is 5.11 Å². The molecule has 1 aromatic heterocycles. The summed E-state index contributed by atoms with van der Waals surface area (Å²) in [7, 11) is 0. The van der Waals surface area contributed by atoms with Gasteiger partial charge in [0.15, 0.2) is 0 Å². The number of hydrogen-bond acceptors (Lipinski definition) is 2. The fourth-order valence-electron chi connectivity index (χ4n) is 3.23. The second kappa shape index (κ2) is 8.82. The molecule has 0 spiro atoms. The lowest BCUT2D eigenvalue weighted by atomic mass is 9.95. The van der Waals surface area contributed by atoms with E-state index in [0.717, 1.165) is 15.3 Å². The van der Waals surface area contributed by atoms with Gasteiger partial charge < -0.3 is 5.11 Å². The van der Waals surface area contributed by atoms with Crippen LogP contribution in [-0.4, -0.2) is 11.1 Å². The van der Waals surface area contributed by atoms with Crippen LogP contribution in [0.15, 0.2) is 54.6 Å². The van der Waals surface area contributed by atoms with E-state index < -0.39 is 24.1 Å². The highest BCUT2D eigenvalue weighted by molar-refractivity contribution is 7.15. The van der Waals surface area contributed by atoms with Crippen molar-refractivity contribution in [2.45, 2.75) is 38.5 Å². The van der Waals surface area contributed by atoms with Crippen molar-refractivity contribution in [1.29, 1.82) is 0 Å². The van der Waals surface area contributed by atoms with Gasteiger partial charge in [0.25, 0.3) is 5.92 Å². The molecule has 1 N–H and O–H groups in total. The first-order valence-electron chi connectivity index (χ1n) is 9.29. The van der Waals surface area contributed by atoms with Crippen LogP contribution in [0.3, 0.4) is 0 Å². The minimum Gasteiger partial charge on any atom is -0.481 e. The Balaban J connectivity index is 1.80. The number of hydrogen-bond donors (Lipinski definition) is 1. The van der Waals surface area contributed by atoms with Crippen LogP contribution in [0.25, 0.3) is 10.4 Å². The Hall–Kier alpha value is -2.60. The number of aliphatic carboxylic acids is 1. The molecule has 1 heterocycles. The highest BCUT2D eigenvalue weighted by atomic mass is 32.1. The van der Waals surface area contributed by atoms with Gasteiger partial charge in [0.2, 0.25) is 0 Å². The first-order valence-corrected chi connectivity index (χ1v) is 10.1. The second-order valence-electron chi connectivity index (χ2n) is 7.04. The molecule has 152 valence electrons. The largest absolute Gasteiger partial charge is 0.481 e. The van der Waals surface area contributed by atoms with Crippen molar-refractivity contribution in [1.82, 2.24) is 0 Å². The molecule has 0 aliphatic heterocycles. The number of halogens is 3. The summed E-state index contributed by atoms with van der Waals surface area (Å²) in [5, 5.41) is 8.68. The minimum atomic E-state index is -3.16. The molecule has 0 amide bonds. The van der Waals surface area contributed by atoms with E-state index in [2.05, 4.69) is 0 Å². The van der Waals surface area contributed by atoms with Crippen LogP contribution in [-0.2, 0) is 23.6 Å². The number of benzene rings is 2. The SMILES string of the molecule is Cc1ccc(-c2ccc(F)cc2CC(F)(F)c2ccc(CCCC(=O)O)cc2)s1. The Morgan fingerprint density at radius 3 is 2.41 bits per heavy atom. The Bertz CT molecular complexity index is 994. The minimum absolute atomic E-state index is 0.0441. The summed E-state index contributed by atoms with van der Waals surface area (Å²) >= 11 is 1.49. The molecule has 29 heavy (non-hydrogen) atoms. The summed E-state index contributed by atoms with van der Waals surface area (Å²) < 4.78 is 43.7. The van der Waals surface area contributed by atoms with E-state index in [1.54, 1.807) is 18.2 Å². The molecule has 0 atom stereocenters. The summed E-state index contributed by atoms with van der Waals surface area (Å²) in [6, 6.07) is 13.7. The highest BCUT2D eigenvalue weighted by Crippen LogP contribution is 2.37. The van der Waals surface area contributed by atoms with Crippen molar-refractivity contribution in [3.8, 4) is 10.4 Å². The monoisotopic (exact) mass is 418 g/mol. The summed E-state index contributed by atoms with van der Waals surface area (Å²) in [6.07, 6.45) is 0.416. The van der Waals surface area contributed by atoms with Crippen molar-refractivity contribution in [3.05, 3.63) is 82.0 Å². The molecular weight excluding hydrogens is 397 g/mol. The molecule has 3 rings (SSSR count). The van der Waals surface area contributed by atoms with Gasteiger partial charge in [-0.05, 0) is 60.7 Å². The standard InChI is InChI=1S/C23H21F3O2S/c1-15-5-12-21(29-15)20-11-10-19(24)13-17(20)14-23(25,26)18-8-6-16(7-9-18)3-2-4-22(27)28/h5-13H,2-4,14H2,1H3,(H,27,28). The van der Waals surface area contributed by atoms with Crippen LogP contribution in [0.1, 0.15) is 34.4 Å². The van der Waals surface area contributed by atoms with Gasteiger partial charge in [-0.25, -0.2) is 13.2 Å². The van der Waals surface area contributed by atoms with E-state index in [9.17, 15) is 18.0 Å². The molecule has 0 bridgehead atoms. The van der Waals surface area contributed by atoms with Gasteiger partial charge in [-0.3, -0.25) is 4.79 Å². The maximum absolute atomic E-state index is 15.0. The summed E-state index contributed by atoms with van der Waals surface area (Å²) in [5.74, 6) is -4.57. The van der Waals surface area contributed by atoms with Crippen LogP contribution in [0.5, 0.6) is 0 Å². The van der Waals surface area contributed by atoms with Crippen LogP contribution in [0.2, 0.25) is 0 Å². The zero-order chi connectivity index (χ0) is 21.0. The lowest BCUT2D eigenvalue weighted by Gasteiger charge is -2.19. The number of aryl methyl sites for hydroxylation is 2. The van der Waals surface area contributed by atoms with Crippen molar-refractivity contribution >= 4 is 17.3 Å². The average molecular weight is 418 g/mol. The number of carbonyl (C=O) groups is 1. The van der Waals surface area contributed by atoms with E-state index in [1.807, 2.05) is 19.1 Å². The zero-order valence-electron chi connectivity index (χ0n) is 15.9. The van der Waals surface area contributed by atoms with Crippen molar-refractivity contribution in [2.75, 3.05) is 0 Å². The van der Waals surface area contributed by atoms with Gasteiger partial charge in [-0.15, -0.1) is 11.3 Å². The fraction of sp³-hybridized carbons (Fsp3) is 0.261. The Kier molecular flexibility index (Phi) is 6.42. The van der Waals surface area contributed by atoms with Crippen LogP contribution < -0.4 is 0 Å². The first-order chi connectivity index (χ1) is 13.7. The molecule has 2 nitrogen and oxygen atoms in total. The predicted molar refractivity (Wildman–Crippen MR) is 109 cm³/mol. The molecule has 0 aliphatic rings. The predicted octanol–water partition coefficient (Wildman–Crippen LogP) is 6.60. The first kappa shape index (κ1) is 21.1. The quantitative estimate of drug-likeness (QED) is 0.447. The zero-order valence-corrected chi connectivity index (χ0v) is 16.7. The van der Waals surface area contributed by atoms with Gasteiger partial charge in [0.05, 0.1) is 0 Å². The maximum Gasteiger partial charge on any atom is 0.303 e. The van der Waals surface area contributed by atoms with Gasteiger partial charge >= 0.3 is 5.97 Å². The molecule has 0 fully saturated rings. The molecule has 0 saturated heterocycles. The third-order valence-electron chi connectivity index (χ3n) is 4.72. The molecular formula is C23H21F3O2S. The topological polar surface area (TPSA) is 37.3 Å². The molecule has 0 saturated carbocycles. The highest BCUT2D eigenvalue weighted by Gasteiger charge is 2.33. The third kappa shape index (κ3) is 5.48. The van der Waals surface area contributed by atoms with Gasteiger partial charge in [-0.2, -0.15) is 0 Å². The van der Waals surface area contributed by atoms with E-state index in [0.29, 0.717) is 18.4 Å². The summed E-state index contributed by atoms with van der Waals surface area (Å²) in [6.45, 7) is 1.93. The normalized spacial score (nSPS) is 11.6. The van der Waals surface area contributed by atoms with Gasteiger partial charge in [-0.1, -0.05) is 30.3 Å². The fourth-order valence-corrected chi connectivity index (χ4v) is 4.16. The Morgan fingerprint density at radius 1 is 1.07 bits per heavy atom. The maximum atomic E-state index is 15.0. The molecule has 3 aromatic rings. The number of carboxylic acids is 1. The summed E-state index contributed by atoms with van der Waals surface area (Å²) in [4.78, 5) is 12.5. The van der Waals surface area contributed by atoms with Crippen molar-refractivity contribution < 1.29 is 23.1 Å². The van der Waals surface area contributed by atoms with E-state index >= 15 is 0 Å². The lowest BCUT2D eigenvalue weighted by molar-refractivity contribution is -0.137. The number of rotatable bonds is 8. The van der Waals surface area contributed by atoms with Crippen LogP contribution in [0, 0.1) is 12.7 Å². The number of carboxylic acid groups (broad SMARTS) is 1. The Labute approximate surface area is 171 Å². The van der Waals surface area contributed by atoms with Crippen LogP contribution >= 0.6 is 11.3 Å². The molecule has 0 aliphatic carbocycles. The van der Waals surface area contributed by atoms with Crippen molar-refractivity contribution in [2.24, 2.45) is 0 Å². The molecule has 0 radical (unpaired) electrons. The Morgan fingerprint density at radius 2 is 1.79 bits per heavy atom. The van der Waals surface area contributed by atoms with E-state index in [-0.39, 0.29) is 17.5 Å². The number of thiophene rings is 1. The van der Waals surface area contributed by atoms with E-state index in [1.165, 1.54) is 35.6 Å². The van der Waals surface area contributed by atoms with Crippen molar-refractivity contribution in [3.63, 3.8) is 0 Å². The number of alkyl halides is 2. The third-order valence-corrected chi connectivity index (χ3v) is 5.75. The molecule has 2 aromatic carbocycles. The molecule has 6 heteroatoms. The average Bonchev–Trinajstić information content (AvgIpc) is 3.08. The smallest absolute Gasteiger partial charge is 0.303 e. The van der Waals surface area contributed by atoms with Gasteiger partial charge in [0, 0.05) is 28.2 Å². The van der Waals surface area contributed by atoms with Gasteiger partial charge in [0.1, 0.15) is 5.82 Å².